The highest BCUT2D eigenvalue weighted by Gasteiger charge is 2.26. The molecule has 1 aliphatic carbocycles. The quantitative estimate of drug-likeness (QED) is 0.567. The lowest BCUT2D eigenvalue weighted by atomic mass is 9.98. The number of rotatable bonds is 5. The fourth-order valence-electron chi connectivity index (χ4n) is 3.88. The zero-order valence-corrected chi connectivity index (χ0v) is 19.0. The zero-order chi connectivity index (χ0) is 23.9. The monoisotopic (exact) mass is 450 g/mol. The van der Waals surface area contributed by atoms with Crippen LogP contribution in [0.1, 0.15) is 60.7 Å². The van der Waals surface area contributed by atoms with Gasteiger partial charge in [0.15, 0.2) is 6.73 Å². The van der Waals surface area contributed by atoms with Crippen molar-refractivity contribution in [2.24, 2.45) is 5.41 Å². The smallest absolute Gasteiger partial charge is 0.354 e. The van der Waals surface area contributed by atoms with Crippen LogP contribution in [0.25, 0.3) is 10.9 Å². The molecule has 33 heavy (non-hydrogen) atoms. The third-order valence-corrected chi connectivity index (χ3v) is 5.74. The number of hydrogen-bond acceptors (Lipinski definition) is 7. The lowest BCUT2D eigenvalue weighted by molar-refractivity contribution is -0.157. The fraction of sp³-hybridized carbons (Fsp3) is 0.375. The maximum Gasteiger partial charge on any atom is 0.354 e. The first-order valence-electron chi connectivity index (χ1n) is 10.7. The second-order valence-corrected chi connectivity index (χ2v) is 9.24. The van der Waals surface area contributed by atoms with Gasteiger partial charge in [0.25, 0.3) is 5.56 Å². The summed E-state index contributed by atoms with van der Waals surface area (Å²) < 4.78 is 6.71. The van der Waals surface area contributed by atoms with Crippen molar-refractivity contribution in [2.45, 2.75) is 53.3 Å². The van der Waals surface area contributed by atoms with Crippen molar-refractivity contribution in [2.75, 3.05) is 5.32 Å². The van der Waals surface area contributed by atoms with Crippen LogP contribution >= 0.6 is 0 Å². The molecule has 2 aromatic heterocycles. The van der Waals surface area contributed by atoms with Gasteiger partial charge in [-0.1, -0.05) is 0 Å². The van der Waals surface area contributed by atoms with Crippen molar-refractivity contribution in [3.8, 4) is 0 Å². The highest BCUT2D eigenvalue weighted by molar-refractivity contribution is 5.85. The molecule has 1 atom stereocenters. The first-order valence-corrected chi connectivity index (χ1v) is 10.7. The van der Waals surface area contributed by atoms with E-state index in [1.54, 1.807) is 33.8 Å². The molecule has 3 aromatic rings. The topological polar surface area (TPSA) is 123 Å². The summed E-state index contributed by atoms with van der Waals surface area (Å²) >= 11 is 0. The number of ether oxygens (including phenoxy) is 1. The number of carboxylic acids is 1. The molecule has 0 amide bonds. The molecule has 1 aliphatic rings. The summed E-state index contributed by atoms with van der Waals surface area (Å²) in [5.41, 5.74) is 2.46. The Morgan fingerprint density at radius 1 is 1.27 bits per heavy atom. The van der Waals surface area contributed by atoms with Crippen LogP contribution < -0.4 is 10.9 Å². The zero-order valence-electron chi connectivity index (χ0n) is 19.0. The Hall–Kier alpha value is -3.75. The molecule has 0 bridgehead atoms. The number of pyridine rings is 1. The van der Waals surface area contributed by atoms with Crippen LogP contribution in [0.2, 0.25) is 0 Å². The molecule has 4 rings (SSSR count). The summed E-state index contributed by atoms with van der Waals surface area (Å²) in [6, 6.07) is 6.88. The number of carbonyl (C=O) groups is 2. The molecule has 1 aromatic carbocycles. The van der Waals surface area contributed by atoms with E-state index in [1.165, 1.54) is 16.8 Å². The first kappa shape index (κ1) is 22.4. The number of nitrogens with zero attached hydrogens (tertiary/aromatic N) is 3. The van der Waals surface area contributed by atoms with Gasteiger partial charge in [-0.2, -0.15) is 0 Å². The second kappa shape index (κ2) is 8.31. The molecule has 2 heterocycles. The number of nitrogens with one attached hydrogen (secondary N) is 1. The predicted octanol–water partition coefficient (Wildman–Crippen LogP) is 3.44. The Morgan fingerprint density at radius 2 is 2.03 bits per heavy atom. The molecule has 172 valence electrons. The Kier molecular flexibility index (Phi) is 5.65. The molecule has 9 nitrogen and oxygen atoms in total. The van der Waals surface area contributed by atoms with Gasteiger partial charge in [-0.15, -0.1) is 0 Å². The number of hydrogen-bond donors (Lipinski definition) is 2. The molecule has 0 unspecified atom stereocenters. The van der Waals surface area contributed by atoms with Gasteiger partial charge >= 0.3 is 11.9 Å². The molecular weight excluding hydrogens is 424 g/mol. The summed E-state index contributed by atoms with van der Waals surface area (Å²) in [5.74, 6) is -0.993. The van der Waals surface area contributed by atoms with E-state index < -0.39 is 17.4 Å². The molecule has 0 fully saturated rings. The van der Waals surface area contributed by atoms with Crippen molar-refractivity contribution >= 4 is 28.5 Å². The van der Waals surface area contributed by atoms with Gasteiger partial charge in [0.05, 0.1) is 34.2 Å². The number of fused-ring (bicyclic) bond motifs is 2. The molecule has 2 N–H and O–H groups in total. The van der Waals surface area contributed by atoms with E-state index in [9.17, 15) is 14.4 Å². The summed E-state index contributed by atoms with van der Waals surface area (Å²) in [7, 11) is 0. The van der Waals surface area contributed by atoms with E-state index in [0.717, 1.165) is 24.0 Å². The molecule has 0 aliphatic heterocycles. The summed E-state index contributed by atoms with van der Waals surface area (Å²) in [4.78, 5) is 44.9. The van der Waals surface area contributed by atoms with E-state index in [4.69, 9.17) is 9.84 Å². The number of aromatic nitrogens is 3. The fourth-order valence-corrected chi connectivity index (χ4v) is 3.88. The van der Waals surface area contributed by atoms with Crippen molar-refractivity contribution < 1.29 is 19.4 Å². The normalized spacial score (nSPS) is 15.3. The number of esters is 1. The van der Waals surface area contributed by atoms with Gasteiger partial charge < -0.3 is 15.2 Å². The minimum Gasteiger partial charge on any atom is -0.477 e. The SMILES string of the molecule is Cc1nc2cc3c(cc2c(=O)n1COC(=O)C(C)(C)C)[C@@H](Nc1ccc(C(=O)O)nc1)CC3. The maximum absolute atomic E-state index is 13.2. The summed E-state index contributed by atoms with van der Waals surface area (Å²) in [6.07, 6.45) is 3.14. The largest absolute Gasteiger partial charge is 0.477 e. The van der Waals surface area contributed by atoms with E-state index in [-0.39, 0.29) is 24.0 Å². The number of aryl methyl sites for hydroxylation is 2. The first-order chi connectivity index (χ1) is 15.5. The van der Waals surface area contributed by atoms with Crippen molar-refractivity contribution in [3.63, 3.8) is 0 Å². The minimum absolute atomic E-state index is 0.0208. The van der Waals surface area contributed by atoms with Crippen LogP contribution in [0.15, 0.2) is 35.3 Å². The van der Waals surface area contributed by atoms with Crippen molar-refractivity contribution in [1.82, 2.24) is 14.5 Å². The third-order valence-electron chi connectivity index (χ3n) is 5.74. The number of carboxylic acid groups (broad SMARTS) is 1. The Bertz CT molecular complexity index is 1310. The summed E-state index contributed by atoms with van der Waals surface area (Å²) in [6.45, 7) is 6.79. The van der Waals surface area contributed by atoms with Crippen LogP contribution in [-0.2, 0) is 22.7 Å². The van der Waals surface area contributed by atoms with Gasteiger partial charge in [-0.05, 0) is 75.9 Å². The number of benzene rings is 1. The molecule has 0 spiro atoms. The van der Waals surface area contributed by atoms with Crippen LogP contribution in [0, 0.1) is 12.3 Å². The lowest BCUT2D eigenvalue weighted by Crippen LogP contribution is -2.30. The number of aromatic carboxylic acids is 1. The van der Waals surface area contributed by atoms with Crippen LogP contribution in [-0.4, -0.2) is 31.6 Å². The predicted molar refractivity (Wildman–Crippen MR) is 122 cm³/mol. The highest BCUT2D eigenvalue weighted by atomic mass is 16.5. The molecule has 0 saturated heterocycles. The van der Waals surface area contributed by atoms with Crippen LogP contribution in [0.3, 0.4) is 0 Å². The Morgan fingerprint density at radius 3 is 2.67 bits per heavy atom. The second-order valence-electron chi connectivity index (χ2n) is 9.24. The molecule has 9 heteroatoms. The number of carbonyl (C=O) groups excluding carboxylic acids is 1. The van der Waals surface area contributed by atoms with Gasteiger partial charge in [0.1, 0.15) is 11.5 Å². The van der Waals surface area contributed by atoms with E-state index >= 15 is 0 Å². The van der Waals surface area contributed by atoms with Crippen LogP contribution in [0.5, 0.6) is 0 Å². The van der Waals surface area contributed by atoms with E-state index in [0.29, 0.717) is 22.4 Å². The van der Waals surface area contributed by atoms with Gasteiger partial charge in [-0.3, -0.25) is 14.2 Å². The van der Waals surface area contributed by atoms with Gasteiger partial charge in [0, 0.05) is 0 Å². The minimum atomic E-state index is -1.08. The van der Waals surface area contributed by atoms with Gasteiger partial charge in [0.2, 0.25) is 0 Å². The van der Waals surface area contributed by atoms with E-state index in [1.807, 2.05) is 12.1 Å². The third kappa shape index (κ3) is 4.44. The lowest BCUT2D eigenvalue weighted by Gasteiger charge is -2.19. The average Bonchev–Trinajstić information content (AvgIpc) is 3.13. The number of anilines is 1. The van der Waals surface area contributed by atoms with Gasteiger partial charge in [-0.25, -0.2) is 14.8 Å². The average molecular weight is 450 g/mol. The Balaban J connectivity index is 1.64. The summed E-state index contributed by atoms with van der Waals surface area (Å²) in [5, 5.41) is 12.9. The maximum atomic E-state index is 13.2. The molecule has 0 radical (unpaired) electrons. The van der Waals surface area contributed by atoms with Crippen LogP contribution in [0.4, 0.5) is 5.69 Å². The van der Waals surface area contributed by atoms with E-state index in [2.05, 4.69) is 15.3 Å². The molecule has 0 saturated carbocycles. The Labute approximate surface area is 190 Å². The van der Waals surface area contributed by atoms with Crippen molar-refractivity contribution in [1.29, 1.82) is 0 Å². The van der Waals surface area contributed by atoms with Crippen molar-refractivity contribution in [3.05, 3.63) is 63.5 Å². The molecular formula is C24H26N4O5. The standard InChI is InChI=1S/C24H26N4O5/c1-13-26-20-9-14-5-7-18(27-15-6-8-19(22(30)31)25-11-15)16(14)10-17(20)21(29)28(13)12-33-23(32)24(2,3)4/h6,8-11,18,27H,5,7,12H2,1-4H3,(H,30,31)/t18-/m0/s1. The highest BCUT2D eigenvalue weighted by Crippen LogP contribution is 2.35.